The number of amides is 1. The first-order valence-electron chi connectivity index (χ1n) is 8.25. The number of carbonyl (C=O) groups excluding carboxylic acids is 2. The smallest absolute Gasteiger partial charge is 0.344 e. The third-order valence-corrected chi connectivity index (χ3v) is 6.08. The van der Waals surface area contributed by atoms with E-state index in [1.807, 2.05) is 12.1 Å². The Labute approximate surface area is 211 Å². The molecule has 3 aromatic rings. The van der Waals surface area contributed by atoms with Gasteiger partial charge in [-0.2, -0.15) is 5.10 Å². The summed E-state index contributed by atoms with van der Waals surface area (Å²) in [6.07, 6.45) is 4.41. The molecule has 0 atom stereocenters. The van der Waals surface area contributed by atoms with Crippen molar-refractivity contribution in [1.29, 1.82) is 0 Å². The number of pyridine rings is 1. The van der Waals surface area contributed by atoms with Gasteiger partial charge in [0.05, 0.1) is 21.8 Å². The van der Waals surface area contributed by atoms with Crippen LogP contribution < -0.4 is 10.2 Å². The summed E-state index contributed by atoms with van der Waals surface area (Å²) in [6, 6.07) is 12.2. The predicted molar refractivity (Wildman–Crippen MR) is 133 cm³/mol. The van der Waals surface area contributed by atoms with Crippen molar-refractivity contribution in [3.05, 3.63) is 88.5 Å². The maximum absolute atomic E-state index is 12.6. The van der Waals surface area contributed by atoms with E-state index in [0.717, 1.165) is 8.04 Å². The zero-order chi connectivity index (χ0) is 21.7. The summed E-state index contributed by atoms with van der Waals surface area (Å²) in [4.78, 5) is 28.8. The van der Waals surface area contributed by atoms with E-state index in [-0.39, 0.29) is 5.75 Å². The third kappa shape index (κ3) is 5.96. The van der Waals surface area contributed by atoms with Crippen molar-refractivity contribution in [1.82, 2.24) is 10.4 Å². The molecule has 0 saturated carbocycles. The van der Waals surface area contributed by atoms with Crippen LogP contribution in [0.4, 0.5) is 0 Å². The number of halogens is 4. The van der Waals surface area contributed by atoms with E-state index < -0.39 is 11.9 Å². The molecule has 2 aromatic carbocycles. The maximum Gasteiger partial charge on any atom is 0.344 e. The predicted octanol–water partition coefficient (Wildman–Crippen LogP) is 5.96. The number of nitrogens with one attached hydrogen (secondary N) is 1. The van der Waals surface area contributed by atoms with Crippen LogP contribution in [0.25, 0.3) is 0 Å². The van der Waals surface area contributed by atoms with Gasteiger partial charge in [-0.1, -0.05) is 28.1 Å². The van der Waals surface area contributed by atoms with Gasteiger partial charge in [-0.3, -0.25) is 9.78 Å². The van der Waals surface area contributed by atoms with Crippen LogP contribution in [0, 0.1) is 3.57 Å². The van der Waals surface area contributed by atoms with Crippen molar-refractivity contribution in [3.8, 4) is 5.75 Å². The fourth-order valence-corrected chi connectivity index (χ4v) is 4.63. The number of benzene rings is 2. The summed E-state index contributed by atoms with van der Waals surface area (Å²) in [7, 11) is 0. The normalized spacial score (nSPS) is 10.8. The molecular formula is C20H11Br3IN3O3. The molecule has 30 heavy (non-hydrogen) atoms. The van der Waals surface area contributed by atoms with E-state index in [1.165, 1.54) is 12.4 Å². The van der Waals surface area contributed by atoms with Crippen LogP contribution in [0.3, 0.4) is 0 Å². The highest BCUT2D eigenvalue weighted by Crippen LogP contribution is 2.33. The maximum atomic E-state index is 12.6. The minimum atomic E-state index is -0.498. The number of hydrogen-bond donors (Lipinski definition) is 1. The summed E-state index contributed by atoms with van der Waals surface area (Å²) in [5.74, 6) is -0.640. The van der Waals surface area contributed by atoms with Gasteiger partial charge in [0.25, 0.3) is 5.91 Å². The lowest BCUT2D eigenvalue weighted by Gasteiger charge is -2.11. The van der Waals surface area contributed by atoms with Crippen molar-refractivity contribution in [2.75, 3.05) is 0 Å². The molecule has 0 saturated heterocycles. The first-order valence-corrected chi connectivity index (χ1v) is 11.7. The van der Waals surface area contributed by atoms with Crippen LogP contribution in [0.2, 0.25) is 0 Å². The van der Waals surface area contributed by atoms with Crippen LogP contribution in [0.1, 0.15) is 26.3 Å². The van der Waals surface area contributed by atoms with E-state index in [4.69, 9.17) is 4.74 Å². The van der Waals surface area contributed by atoms with Crippen LogP contribution in [-0.4, -0.2) is 23.1 Å². The van der Waals surface area contributed by atoms with Gasteiger partial charge < -0.3 is 4.74 Å². The van der Waals surface area contributed by atoms with E-state index in [1.54, 1.807) is 36.5 Å². The van der Waals surface area contributed by atoms with Gasteiger partial charge in [-0.05, 0) is 84.8 Å². The number of carbonyl (C=O) groups is 2. The minimum absolute atomic E-state index is 0.282. The molecule has 0 bridgehead atoms. The summed E-state index contributed by atoms with van der Waals surface area (Å²) < 4.78 is 8.38. The molecule has 0 spiro atoms. The lowest BCUT2D eigenvalue weighted by atomic mass is 10.2. The van der Waals surface area contributed by atoms with Crippen molar-refractivity contribution in [2.45, 2.75) is 0 Å². The lowest BCUT2D eigenvalue weighted by Crippen LogP contribution is -2.18. The third-order valence-electron chi connectivity index (χ3n) is 3.66. The molecule has 1 heterocycles. The molecule has 0 radical (unpaired) electrons. The Hall–Kier alpha value is -1.63. The Bertz CT molecular complexity index is 1160. The van der Waals surface area contributed by atoms with Crippen LogP contribution >= 0.6 is 70.4 Å². The molecule has 0 aliphatic carbocycles. The van der Waals surface area contributed by atoms with Crippen molar-refractivity contribution >= 4 is 88.5 Å². The molecule has 10 heteroatoms. The standard InChI is InChI=1S/C20H11Br3IN3O3/c21-13-5-11(9-26-27-19(28)12-6-14(22)10-25-8-12)18(16(23)7-13)30-20(29)15-3-1-2-4-17(15)24/h1-10H,(H,27,28). The summed E-state index contributed by atoms with van der Waals surface area (Å²) in [5, 5.41) is 3.99. The first kappa shape index (κ1) is 23.0. The molecule has 0 fully saturated rings. The molecule has 0 unspecified atom stereocenters. The fourth-order valence-electron chi connectivity index (χ4n) is 2.32. The van der Waals surface area contributed by atoms with Gasteiger partial charge in [0, 0.05) is 30.5 Å². The monoisotopic (exact) mass is 705 g/mol. The number of rotatable bonds is 5. The number of nitrogens with zero attached hydrogens (tertiary/aromatic N) is 2. The SMILES string of the molecule is O=C(NN=Cc1cc(Br)cc(Br)c1OC(=O)c1ccccc1I)c1cncc(Br)c1. The van der Waals surface area contributed by atoms with E-state index >= 15 is 0 Å². The highest BCUT2D eigenvalue weighted by atomic mass is 127. The zero-order valence-electron chi connectivity index (χ0n) is 14.9. The van der Waals surface area contributed by atoms with Gasteiger partial charge in [0.1, 0.15) is 0 Å². The fraction of sp³-hybridized carbons (Fsp3) is 0. The minimum Gasteiger partial charge on any atom is -0.421 e. The summed E-state index contributed by atoms with van der Waals surface area (Å²) in [6.45, 7) is 0. The van der Waals surface area contributed by atoms with Gasteiger partial charge >= 0.3 is 5.97 Å². The summed E-state index contributed by atoms with van der Waals surface area (Å²) >= 11 is 12.2. The van der Waals surface area contributed by atoms with Crippen LogP contribution in [-0.2, 0) is 0 Å². The van der Waals surface area contributed by atoms with Crippen molar-refractivity contribution < 1.29 is 14.3 Å². The van der Waals surface area contributed by atoms with Crippen molar-refractivity contribution in [2.24, 2.45) is 5.10 Å². The van der Waals surface area contributed by atoms with Gasteiger partial charge in [0.15, 0.2) is 5.75 Å². The molecule has 1 aromatic heterocycles. The van der Waals surface area contributed by atoms with E-state index in [0.29, 0.717) is 25.6 Å². The number of hydrogen-bond acceptors (Lipinski definition) is 5. The molecule has 152 valence electrons. The van der Waals surface area contributed by atoms with Gasteiger partial charge in [-0.15, -0.1) is 0 Å². The number of ether oxygens (including phenoxy) is 1. The molecule has 3 rings (SSSR count). The van der Waals surface area contributed by atoms with E-state index in [2.05, 4.69) is 85.9 Å². The average Bonchev–Trinajstić information content (AvgIpc) is 2.70. The molecule has 0 aliphatic heterocycles. The first-order chi connectivity index (χ1) is 14.3. The number of aromatic nitrogens is 1. The Morgan fingerprint density at radius 3 is 2.57 bits per heavy atom. The second-order valence-corrected chi connectivity index (χ2v) is 9.61. The number of hydrazone groups is 1. The van der Waals surface area contributed by atoms with Crippen LogP contribution in [0.5, 0.6) is 5.75 Å². The molecule has 1 amide bonds. The average molecular weight is 708 g/mol. The highest BCUT2D eigenvalue weighted by Gasteiger charge is 2.17. The van der Waals surface area contributed by atoms with Gasteiger partial charge in [0.2, 0.25) is 0 Å². The number of esters is 1. The second-order valence-electron chi connectivity index (χ2n) is 5.77. The molecule has 1 N–H and O–H groups in total. The van der Waals surface area contributed by atoms with Gasteiger partial charge in [-0.25, -0.2) is 10.2 Å². The Morgan fingerprint density at radius 2 is 1.83 bits per heavy atom. The van der Waals surface area contributed by atoms with Crippen molar-refractivity contribution in [3.63, 3.8) is 0 Å². The van der Waals surface area contributed by atoms with E-state index in [9.17, 15) is 9.59 Å². The lowest BCUT2D eigenvalue weighted by molar-refractivity contribution is 0.0731. The largest absolute Gasteiger partial charge is 0.421 e. The Balaban J connectivity index is 1.82. The quantitative estimate of drug-likeness (QED) is 0.117. The Morgan fingerprint density at radius 1 is 1.07 bits per heavy atom. The topological polar surface area (TPSA) is 80.6 Å². The summed E-state index contributed by atoms with van der Waals surface area (Å²) in [5.41, 5.74) is 3.72. The Kier molecular flexibility index (Phi) is 8.14. The molecular weight excluding hydrogens is 697 g/mol. The highest BCUT2D eigenvalue weighted by molar-refractivity contribution is 14.1. The molecule has 0 aliphatic rings. The molecule has 6 nitrogen and oxygen atoms in total. The van der Waals surface area contributed by atoms with Crippen LogP contribution in [0.15, 0.2) is 73.4 Å². The zero-order valence-corrected chi connectivity index (χ0v) is 21.8. The second kappa shape index (κ2) is 10.6.